The zero-order valence-corrected chi connectivity index (χ0v) is 6.43. The molecule has 0 radical (unpaired) electrons. The zero-order chi connectivity index (χ0) is 10.6. The van der Waals surface area contributed by atoms with E-state index in [1.54, 1.807) is 0 Å². The molecule has 0 fully saturated rings. The molecule has 7 nitrogen and oxygen atoms in total. The van der Waals surface area contributed by atoms with Gasteiger partial charge in [0.1, 0.15) is 0 Å². The van der Waals surface area contributed by atoms with Crippen molar-refractivity contribution < 1.29 is 34.8 Å². The Hall–Kier alpha value is 0.422. The van der Waals surface area contributed by atoms with Gasteiger partial charge in [-0.3, -0.25) is 9.59 Å². The van der Waals surface area contributed by atoms with Gasteiger partial charge in [-0.1, -0.05) is 0 Å². The van der Waals surface area contributed by atoms with Crippen LogP contribution in [0.2, 0.25) is 0 Å². The Kier molecular flexibility index (Phi) is 8.21. The molecule has 0 unspecified atom stereocenters. The van der Waals surface area contributed by atoms with E-state index in [4.69, 9.17) is 20.4 Å². The summed E-state index contributed by atoms with van der Waals surface area (Å²) in [6, 6.07) is 0. The van der Waals surface area contributed by atoms with Crippen molar-refractivity contribution in [3.63, 3.8) is 0 Å². The van der Waals surface area contributed by atoms with Gasteiger partial charge < -0.3 is 20.4 Å². The van der Waals surface area contributed by atoms with E-state index in [0.29, 0.717) is 0 Å². The molecule has 0 rings (SSSR count). The minimum atomic E-state index is -2.74. The first kappa shape index (κ1) is 16.8. The summed E-state index contributed by atoms with van der Waals surface area (Å²) in [6.45, 7) is 0. The molecule has 4 N–H and O–H groups in total. The molecule has 0 atom stereocenters. The van der Waals surface area contributed by atoms with Gasteiger partial charge in [0.2, 0.25) is 0 Å². The van der Waals surface area contributed by atoms with Crippen molar-refractivity contribution in [2.24, 2.45) is 0 Å². The van der Waals surface area contributed by atoms with Gasteiger partial charge in [0.15, 0.2) is 5.60 Å². The Balaban J connectivity index is 0. The second kappa shape index (κ2) is 6.82. The van der Waals surface area contributed by atoms with Crippen molar-refractivity contribution in [3.8, 4) is 0 Å². The van der Waals surface area contributed by atoms with Crippen LogP contribution in [0.4, 0.5) is 0 Å². The molecule has 0 aliphatic rings. The molecule has 0 aromatic carbocycles. The minimum absolute atomic E-state index is 0. The number of carboxylic acid groups (broad SMARTS) is 3. The van der Waals surface area contributed by atoms with Crippen LogP contribution in [-0.2, 0) is 14.4 Å². The average molecular weight is 326 g/mol. The summed E-state index contributed by atoms with van der Waals surface area (Å²) in [5.74, 6) is -5.02. The molecular weight excluding hydrogens is 317 g/mol. The van der Waals surface area contributed by atoms with E-state index in [9.17, 15) is 14.4 Å². The summed E-state index contributed by atoms with van der Waals surface area (Å²) in [7, 11) is 0. The van der Waals surface area contributed by atoms with E-state index < -0.39 is 36.4 Å². The third kappa shape index (κ3) is 6.01. The van der Waals surface area contributed by atoms with Crippen molar-refractivity contribution in [1.29, 1.82) is 0 Å². The third-order valence-electron chi connectivity index (χ3n) is 1.29. The molecule has 0 saturated heterocycles. The number of hydrogen-bond acceptors (Lipinski definition) is 4. The molecular formula is C6H9CsO7. The SMILES string of the molecule is O=C(O)CC(O)(CC(=O)O)C(=O)O.[CsH]. The molecule has 76 valence electrons. The standard InChI is InChI=1S/C6H8O7.Cs.H/c7-3(8)1-6(13,5(11)12)2-4(9)10;;/h13H,1-2H2,(H,7,8)(H,9,10)(H,11,12);;. The molecule has 14 heavy (non-hydrogen) atoms. The van der Waals surface area contributed by atoms with Gasteiger partial charge in [0.25, 0.3) is 0 Å². The average Bonchev–Trinajstić information content (AvgIpc) is 1.82. The summed E-state index contributed by atoms with van der Waals surface area (Å²) in [5.41, 5.74) is -2.74. The summed E-state index contributed by atoms with van der Waals surface area (Å²) in [4.78, 5) is 30.5. The molecule has 8 heteroatoms. The van der Waals surface area contributed by atoms with E-state index in [2.05, 4.69) is 0 Å². The Bertz CT molecular complexity index is 233. The van der Waals surface area contributed by atoms with Crippen LogP contribution in [0.1, 0.15) is 12.8 Å². The van der Waals surface area contributed by atoms with Crippen LogP contribution in [0.5, 0.6) is 0 Å². The predicted molar refractivity (Wildman–Crippen MR) is 44.2 cm³/mol. The fourth-order valence-corrected chi connectivity index (χ4v) is 0.714. The summed E-state index contributed by atoms with van der Waals surface area (Å²) in [5, 5.41) is 33.8. The molecule has 0 saturated carbocycles. The molecule has 0 aliphatic heterocycles. The van der Waals surface area contributed by atoms with Crippen LogP contribution in [0.25, 0.3) is 0 Å². The van der Waals surface area contributed by atoms with Crippen molar-refractivity contribution in [2.45, 2.75) is 18.4 Å². The first-order chi connectivity index (χ1) is 5.78. The van der Waals surface area contributed by atoms with Gasteiger partial charge >= 0.3 is 86.8 Å². The number of carbonyl (C=O) groups is 3. The van der Waals surface area contributed by atoms with Crippen LogP contribution >= 0.6 is 0 Å². The topological polar surface area (TPSA) is 132 Å². The van der Waals surface area contributed by atoms with Gasteiger partial charge in [0, 0.05) is 0 Å². The zero-order valence-electron chi connectivity index (χ0n) is 6.43. The number of carboxylic acids is 3. The summed E-state index contributed by atoms with van der Waals surface area (Å²) < 4.78 is 0. The fraction of sp³-hybridized carbons (Fsp3) is 0.500. The number of aliphatic hydroxyl groups is 1. The van der Waals surface area contributed by atoms with E-state index >= 15 is 0 Å². The number of hydrogen-bond donors (Lipinski definition) is 4. The number of aliphatic carboxylic acids is 3. The number of rotatable bonds is 5. The second-order valence-corrected chi connectivity index (χ2v) is 2.48. The van der Waals surface area contributed by atoms with Gasteiger partial charge in [0.05, 0.1) is 12.8 Å². The van der Waals surface area contributed by atoms with Crippen molar-refractivity contribution >= 4 is 86.8 Å². The van der Waals surface area contributed by atoms with Crippen LogP contribution in [0.15, 0.2) is 0 Å². The van der Waals surface area contributed by atoms with E-state index in [1.807, 2.05) is 0 Å². The van der Waals surface area contributed by atoms with Crippen molar-refractivity contribution in [2.75, 3.05) is 0 Å². The van der Waals surface area contributed by atoms with Crippen molar-refractivity contribution in [1.82, 2.24) is 0 Å². The Morgan fingerprint density at radius 1 is 0.929 bits per heavy atom. The van der Waals surface area contributed by atoms with Gasteiger partial charge in [-0.05, 0) is 0 Å². The van der Waals surface area contributed by atoms with E-state index in [1.165, 1.54) is 0 Å². The molecule has 0 heterocycles. The maximum absolute atomic E-state index is 10.3. The quantitative estimate of drug-likeness (QED) is 0.464. The molecule has 0 aromatic rings. The van der Waals surface area contributed by atoms with Crippen molar-refractivity contribution in [3.05, 3.63) is 0 Å². The van der Waals surface area contributed by atoms with Crippen LogP contribution < -0.4 is 0 Å². The normalized spacial score (nSPS) is 10.1. The van der Waals surface area contributed by atoms with E-state index in [0.717, 1.165) is 0 Å². The Morgan fingerprint density at radius 3 is 1.36 bits per heavy atom. The first-order valence-corrected chi connectivity index (χ1v) is 3.17. The molecule has 0 spiro atoms. The molecule has 0 aromatic heterocycles. The van der Waals surface area contributed by atoms with Gasteiger partial charge in [-0.2, -0.15) is 0 Å². The van der Waals surface area contributed by atoms with Crippen LogP contribution in [-0.4, -0.2) is 113 Å². The predicted octanol–water partition coefficient (Wildman–Crippen LogP) is -1.90. The maximum atomic E-state index is 10.3. The molecule has 0 aliphatic carbocycles. The Labute approximate surface area is 138 Å². The molecule has 0 amide bonds. The van der Waals surface area contributed by atoms with Gasteiger partial charge in [-0.15, -0.1) is 0 Å². The van der Waals surface area contributed by atoms with Gasteiger partial charge in [-0.25, -0.2) is 4.79 Å². The molecule has 0 bridgehead atoms. The fourth-order valence-electron chi connectivity index (χ4n) is 0.714. The second-order valence-electron chi connectivity index (χ2n) is 2.48. The first-order valence-electron chi connectivity index (χ1n) is 3.17. The van der Waals surface area contributed by atoms with Crippen LogP contribution in [0, 0.1) is 0 Å². The summed E-state index contributed by atoms with van der Waals surface area (Å²) in [6.07, 6.45) is -2.29. The third-order valence-corrected chi connectivity index (χ3v) is 1.29. The Morgan fingerprint density at radius 2 is 1.21 bits per heavy atom. The summed E-state index contributed by atoms with van der Waals surface area (Å²) >= 11 is 0. The van der Waals surface area contributed by atoms with Crippen LogP contribution in [0.3, 0.4) is 0 Å². The monoisotopic (exact) mass is 326 g/mol. The van der Waals surface area contributed by atoms with E-state index in [-0.39, 0.29) is 68.9 Å².